The molecule has 1 saturated carbocycles. The lowest BCUT2D eigenvalue weighted by Crippen LogP contribution is -2.34. The number of hydrogen-bond donors (Lipinski definition) is 1. The highest BCUT2D eigenvalue weighted by atomic mass is 16.3. The van der Waals surface area contributed by atoms with Gasteiger partial charge in [0.1, 0.15) is 0 Å². The molecule has 0 aliphatic heterocycles. The van der Waals surface area contributed by atoms with E-state index in [0.717, 1.165) is 25.2 Å². The molecule has 0 saturated heterocycles. The van der Waals surface area contributed by atoms with Crippen LogP contribution in [0.5, 0.6) is 0 Å². The SMILES string of the molecule is CC1(C)C=CC(O)(CC2CCCC2)CC1. The summed E-state index contributed by atoms with van der Waals surface area (Å²) >= 11 is 0. The van der Waals surface area contributed by atoms with Gasteiger partial charge in [0, 0.05) is 0 Å². The normalized spacial score (nSPS) is 35.9. The van der Waals surface area contributed by atoms with E-state index in [2.05, 4.69) is 26.0 Å². The Balaban J connectivity index is 1.96. The summed E-state index contributed by atoms with van der Waals surface area (Å²) in [5.74, 6) is 0.779. The molecule has 1 nitrogen and oxygen atoms in total. The van der Waals surface area contributed by atoms with Crippen LogP contribution in [0.1, 0.15) is 58.8 Å². The fourth-order valence-corrected chi connectivity index (χ4v) is 2.97. The summed E-state index contributed by atoms with van der Waals surface area (Å²) in [6, 6.07) is 0. The highest BCUT2D eigenvalue weighted by Crippen LogP contribution is 2.40. The zero-order valence-corrected chi connectivity index (χ0v) is 10.1. The van der Waals surface area contributed by atoms with Gasteiger partial charge in [0.05, 0.1) is 5.60 Å². The van der Waals surface area contributed by atoms with E-state index in [4.69, 9.17) is 0 Å². The van der Waals surface area contributed by atoms with Crippen molar-refractivity contribution in [1.29, 1.82) is 0 Å². The van der Waals surface area contributed by atoms with Gasteiger partial charge in [-0.05, 0) is 30.6 Å². The van der Waals surface area contributed by atoms with Crippen LogP contribution in [-0.4, -0.2) is 10.7 Å². The predicted octanol–water partition coefficient (Wildman–Crippen LogP) is 3.67. The molecule has 1 fully saturated rings. The smallest absolute Gasteiger partial charge is 0.0830 e. The molecule has 0 bridgehead atoms. The molecule has 0 radical (unpaired) electrons. The predicted molar refractivity (Wildman–Crippen MR) is 63.7 cm³/mol. The second-order valence-electron chi connectivity index (χ2n) is 6.28. The second-order valence-corrected chi connectivity index (χ2v) is 6.28. The Morgan fingerprint density at radius 2 is 1.80 bits per heavy atom. The summed E-state index contributed by atoms with van der Waals surface area (Å²) < 4.78 is 0. The van der Waals surface area contributed by atoms with Crippen molar-refractivity contribution in [1.82, 2.24) is 0 Å². The van der Waals surface area contributed by atoms with Crippen LogP contribution in [0.15, 0.2) is 12.2 Å². The molecule has 86 valence electrons. The summed E-state index contributed by atoms with van der Waals surface area (Å²) in [6.07, 6.45) is 12.8. The Morgan fingerprint density at radius 3 is 2.33 bits per heavy atom. The number of rotatable bonds is 2. The molecule has 2 rings (SSSR count). The summed E-state index contributed by atoms with van der Waals surface area (Å²) in [5.41, 5.74) is -0.188. The van der Waals surface area contributed by atoms with E-state index in [1.54, 1.807) is 0 Å². The first-order valence-corrected chi connectivity index (χ1v) is 6.42. The van der Waals surface area contributed by atoms with Crippen LogP contribution < -0.4 is 0 Å². The monoisotopic (exact) mass is 208 g/mol. The van der Waals surface area contributed by atoms with Gasteiger partial charge in [0.15, 0.2) is 0 Å². The average molecular weight is 208 g/mol. The second kappa shape index (κ2) is 3.93. The molecule has 0 spiro atoms. The third-order valence-corrected chi connectivity index (χ3v) is 4.16. The first kappa shape index (κ1) is 11.2. The topological polar surface area (TPSA) is 20.2 Å². The van der Waals surface area contributed by atoms with Crippen molar-refractivity contribution < 1.29 is 5.11 Å². The maximum atomic E-state index is 10.5. The molecular formula is C14H24O. The quantitative estimate of drug-likeness (QED) is 0.686. The van der Waals surface area contributed by atoms with Crippen molar-refractivity contribution >= 4 is 0 Å². The van der Waals surface area contributed by atoms with Gasteiger partial charge in [-0.3, -0.25) is 0 Å². The van der Waals surface area contributed by atoms with E-state index in [0.29, 0.717) is 5.41 Å². The minimum Gasteiger partial charge on any atom is -0.386 e. The summed E-state index contributed by atoms with van der Waals surface area (Å²) in [6.45, 7) is 4.50. The average Bonchev–Trinajstić information content (AvgIpc) is 2.64. The zero-order chi connectivity index (χ0) is 10.9. The van der Waals surface area contributed by atoms with Crippen molar-refractivity contribution in [3.05, 3.63) is 12.2 Å². The lowest BCUT2D eigenvalue weighted by Gasteiger charge is -2.36. The maximum absolute atomic E-state index is 10.5. The van der Waals surface area contributed by atoms with Crippen LogP contribution in [0.4, 0.5) is 0 Å². The van der Waals surface area contributed by atoms with Crippen LogP contribution >= 0.6 is 0 Å². The van der Waals surface area contributed by atoms with E-state index >= 15 is 0 Å². The van der Waals surface area contributed by atoms with Gasteiger partial charge >= 0.3 is 0 Å². The van der Waals surface area contributed by atoms with Crippen LogP contribution in [0, 0.1) is 11.3 Å². The Morgan fingerprint density at radius 1 is 1.13 bits per heavy atom. The van der Waals surface area contributed by atoms with E-state index in [1.807, 2.05) is 0 Å². The number of aliphatic hydroxyl groups is 1. The molecule has 15 heavy (non-hydrogen) atoms. The molecule has 2 aliphatic carbocycles. The molecule has 1 unspecified atom stereocenters. The lowest BCUT2D eigenvalue weighted by molar-refractivity contribution is 0.0370. The third-order valence-electron chi connectivity index (χ3n) is 4.16. The molecule has 0 aromatic heterocycles. The summed E-state index contributed by atoms with van der Waals surface area (Å²) in [4.78, 5) is 0. The Kier molecular flexibility index (Phi) is 2.94. The van der Waals surface area contributed by atoms with Gasteiger partial charge in [-0.25, -0.2) is 0 Å². The van der Waals surface area contributed by atoms with Gasteiger partial charge < -0.3 is 5.11 Å². The van der Waals surface area contributed by atoms with Gasteiger partial charge in [-0.1, -0.05) is 51.7 Å². The summed E-state index contributed by atoms with van der Waals surface area (Å²) in [5, 5.41) is 10.5. The highest BCUT2D eigenvalue weighted by Gasteiger charge is 2.34. The first-order valence-electron chi connectivity index (χ1n) is 6.42. The Bertz CT molecular complexity index is 248. The number of hydrogen-bond acceptors (Lipinski definition) is 1. The van der Waals surface area contributed by atoms with Crippen molar-refractivity contribution in [3.8, 4) is 0 Å². The van der Waals surface area contributed by atoms with Crippen LogP contribution in [-0.2, 0) is 0 Å². The van der Waals surface area contributed by atoms with Crippen LogP contribution in [0.3, 0.4) is 0 Å². The van der Waals surface area contributed by atoms with Gasteiger partial charge in [-0.2, -0.15) is 0 Å². The molecule has 0 heterocycles. The molecule has 0 amide bonds. The number of allylic oxidation sites excluding steroid dienone is 1. The maximum Gasteiger partial charge on any atom is 0.0830 e. The van der Waals surface area contributed by atoms with Crippen LogP contribution in [0.25, 0.3) is 0 Å². The van der Waals surface area contributed by atoms with E-state index in [9.17, 15) is 5.11 Å². The minimum atomic E-state index is -0.482. The largest absolute Gasteiger partial charge is 0.386 e. The van der Waals surface area contributed by atoms with E-state index in [1.165, 1.54) is 25.7 Å². The van der Waals surface area contributed by atoms with Crippen molar-refractivity contribution in [2.75, 3.05) is 0 Å². The molecule has 1 N–H and O–H groups in total. The van der Waals surface area contributed by atoms with E-state index in [-0.39, 0.29) is 0 Å². The van der Waals surface area contributed by atoms with Gasteiger partial charge in [0.25, 0.3) is 0 Å². The zero-order valence-electron chi connectivity index (χ0n) is 10.1. The molecule has 1 heteroatoms. The Labute approximate surface area is 93.6 Å². The van der Waals surface area contributed by atoms with E-state index < -0.39 is 5.60 Å². The van der Waals surface area contributed by atoms with Gasteiger partial charge in [-0.15, -0.1) is 0 Å². The van der Waals surface area contributed by atoms with Crippen molar-refractivity contribution in [3.63, 3.8) is 0 Å². The van der Waals surface area contributed by atoms with Crippen LogP contribution in [0.2, 0.25) is 0 Å². The lowest BCUT2D eigenvalue weighted by atomic mass is 9.74. The molecule has 0 aromatic carbocycles. The third kappa shape index (κ3) is 2.84. The van der Waals surface area contributed by atoms with Crippen molar-refractivity contribution in [2.45, 2.75) is 64.4 Å². The fraction of sp³-hybridized carbons (Fsp3) is 0.857. The molecular weight excluding hydrogens is 184 g/mol. The Hall–Kier alpha value is -0.300. The first-order chi connectivity index (χ1) is 6.99. The fourth-order valence-electron chi connectivity index (χ4n) is 2.97. The molecule has 2 aliphatic rings. The molecule has 1 atom stereocenters. The molecule has 0 aromatic rings. The summed E-state index contributed by atoms with van der Waals surface area (Å²) in [7, 11) is 0. The highest BCUT2D eigenvalue weighted by molar-refractivity contribution is 5.11. The standard InChI is InChI=1S/C14H24O/c1-13(2)7-9-14(15,10-8-13)11-12-5-3-4-6-12/h7,9,12,15H,3-6,8,10-11H2,1-2H3. The van der Waals surface area contributed by atoms with Gasteiger partial charge in [0.2, 0.25) is 0 Å². The minimum absolute atomic E-state index is 0.294. The van der Waals surface area contributed by atoms with Crippen molar-refractivity contribution in [2.24, 2.45) is 11.3 Å².